The molecule has 0 saturated heterocycles. The standard InChI is InChI=1S/C36H39ClN2O2S/c1-5-26-17-24(18-27(6-2)35(26)38-33(40)21-29-13-9-8-12-23(29)4)16-25-19-28(7-3)36(32(42)20-25)39-34(41)22-30-14-10-11-15-31(30)37/h8-15,17-20,42H,5-7,16,21-22H2,1-4H3,(H,38,40)(H,39,41). The monoisotopic (exact) mass is 598 g/mol. The van der Waals surface area contributed by atoms with E-state index in [9.17, 15) is 9.59 Å². The molecule has 4 rings (SSSR count). The van der Waals surface area contributed by atoms with E-state index in [2.05, 4.69) is 49.6 Å². The number of carbonyl (C=O) groups is 2. The smallest absolute Gasteiger partial charge is 0.228 e. The van der Waals surface area contributed by atoms with Crippen LogP contribution in [0.4, 0.5) is 11.4 Å². The van der Waals surface area contributed by atoms with Gasteiger partial charge < -0.3 is 10.6 Å². The van der Waals surface area contributed by atoms with Gasteiger partial charge in [0.1, 0.15) is 0 Å². The average molecular weight is 599 g/mol. The number of amides is 2. The molecule has 0 heterocycles. The molecule has 0 spiro atoms. The second kappa shape index (κ2) is 14.6. The van der Waals surface area contributed by atoms with Gasteiger partial charge in [0.2, 0.25) is 11.8 Å². The first-order valence-corrected chi connectivity index (χ1v) is 15.4. The van der Waals surface area contributed by atoms with Crippen molar-refractivity contribution in [1.29, 1.82) is 0 Å². The number of carbonyl (C=O) groups excluding carboxylic acids is 2. The normalized spacial score (nSPS) is 10.9. The summed E-state index contributed by atoms with van der Waals surface area (Å²) in [6.07, 6.45) is 3.67. The summed E-state index contributed by atoms with van der Waals surface area (Å²) in [4.78, 5) is 26.6. The minimum absolute atomic E-state index is 0.000856. The van der Waals surface area contributed by atoms with Crippen molar-refractivity contribution in [3.8, 4) is 0 Å². The molecule has 0 saturated carbocycles. The third-order valence-corrected chi connectivity index (χ3v) is 8.34. The average Bonchev–Trinajstić information content (AvgIpc) is 2.97. The molecule has 4 nitrogen and oxygen atoms in total. The van der Waals surface area contributed by atoms with Crippen LogP contribution in [0.2, 0.25) is 5.02 Å². The van der Waals surface area contributed by atoms with Gasteiger partial charge in [0.15, 0.2) is 0 Å². The van der Waals surface area contributed by atoms with Crippen LogP contribution >= 0.6 is 24.2 Å². The van der Waals surface area contributed by atoms with Crippen molar-refractivity contribution < 1.29 is 9.59 Å². The SMILES string of the molecule is CCc1cc(Cc2cc(CC)c(NC(=O)Cc3ccccc3C)c(CC)c2)cc(S)c1NC(=O)Cc1ccccc1Cl. The molecule has 0 aromatic heterocycles. The summed E-state index contributed by atoms with van der Waals surface area (Å²) < 4.78 is 0. The number of thiol groups is 1. The maximum atomic E-state index is 13.0. The second-order valence-electron chi connectivity index (χ2n) is 10.6. The molecule has 42 heavy (non-hydrogen) atoms. The predicted molar refractivity (Wildman–Crippen MR) is 178 cm³/mol. The highest BCUT2D eigenvalue weighted by Gasteiger charge is 2.16. The Kier molecular flexibility index (Phi) is 10.9. The van der Waals surface area contributed by atoms with Crippen LogP contribution in [0.15, 0.2) is 77.7 Å². The van der Waals surface area contributed by atoms with Crippen LogP contribution in [0.25, 0.3) is 0 Å². The molecule has 4 aromatic rings. The molecule has 0 unspecified atom stereocenters. The molecule has 0 fully saturated rings. The van der Waals surface area contributed by atoms with E-state index in [1.165, 1.54) is 5.56 Å². The summed E-state index contributed by atoms with van der Waals surface area (Å²) in [6, 6.07) is 24.0. The number of aryl methyl sites for hydroxylation is 4. The zero-order valence-electron chi connectivity index (χ0n) is 24.8. The largest absolute Gasteiger partial charge is 0.325 e. The summed E-state index contributed by atoms with van der Waals surface area (Å²) in [7, 11) is 0. The minimum atomic E-state index is -0.124. The zero-order valence-corrected chi connectivity index (χ0v) is 26.5. The first-order valence-electron chi connectivity index (χ1n) is 14.6. The number of halogens is 1. The Morgan fingerprint density at radius 2 is 1.14 bits per heavy atom. The summed E-state index contributed by atoms with van der Waals surface area (Å²) in [5.41, 5.74) is 10.3. The first-order chi connectivity index (χ1) is 20.2. The van der Waals surface area contributed by atoms with Gasteiger partial charge in [-0.2, -0.15) is 0 Å². The summed E-state index contributed by atoms with van der Waals surface area (Å²) in [5, 5.41) is 6.87. The number of hydrogen-bond acceptors (Lipinski definition) is 3. The quantitative estimate of drug-likeness (QED) is 0.151. The van der Waals surface area contributed by atoms with Gasteiger partial charge in [-0.25, -0.2) is 0 Å². The van der Waals surface area contributed by atoms with Crippen LogP contribution < -0.4 is 10.6 Å². The Hall–Kier alpha value is -3.54. The van der Waals surface area contributed by atoms with E-state index in [4.69, 9.17) is 24.2 Å². The Balaban J connectivity index is 1.53. The lowest BCUT2D eigenvalue weighted by atomic mass is 9.94. The molecule has 0 bridgehead atoms. The van der Waals surface area contributed by atoms with Crippen molar-refractivity contribution in [1.82, 2.24) is 0 Å². The fraction of sp³-hybridized carbons (Fsp3) is 0.278. The third kappa shape index (κ3) is 7.84. The first kappa shape index (κ1) is 31.4. The highest BCUT2D eigenvalue weighted by atomic mass is 35.5. The lowest BCUT2D eigenvalue weighted by molar-refractivity contribution is -0.116. The topological polar surface area (TPSA) is 58.2 Å². The summed E-state index contributed by atoms with van der Waals surface area (Å²) in [6.45, 7) is 8.36. The fourth-order valence-electron chi connectivity index (χ4n) is 5.33. The number of nitrogens with one attached hydrogen (secondary N) is 2. The van der Waals surface area contributed by atoms with Crippen LogP contribution in [-0.4, -0.2) is 11.8 Å². The highest BCUT2D eigenvalue weighted by molar-refractivity contribution is 7.80. The summed E-state index contributed by atoms with van der Waals surface area (Å²) in [5.74, 6) is -0.123. The molecule has 0 atom stereocenters. The van der Waals surface area contributed by atoms with Gasteiger partial charge in [-0.05, 0) is 89.2 Å². The van der Waals surface area contributed by atoms with Crippen LogP contribution in [0, 0.1) is 6.92 Å². The van der Waals surface area contributed by atoms with Crippen molar-refractivity contribution in [2.24, 2.45) is 0 Å². The molecular formula is C36H39ClN2O2S. The molecule has 218 valence electrons. The van der Waals surface area contributed by atoms with Crippen molar-refractivity contribution in [3.05, 3.63) is 122 Å². The fourth-order valence-corrected chi connectivity index (χ4v) is 5.90. The third-order valence-electron chi connectivity index (χ3n) is 7.62. The molecular weight excluding hydrogens is 560 g/mol. The Bertz CT molecular complexity index is 1570. The Morgan fingerprint density at radius 1 is 0.667 bits per heavy atom. The molecule has 0 aliphatic carbocycles. The number of hydrogen-bond donors (Lipinski definition) is 3. The lowest BCUT2D eigenvalue weighted by Crippen LogP contribution is -2.18. The molecule has 2 N–H and O–H groups in total. The van der Waals surface area contributed by atoms with Crippen LogP contribution in [-0.2, 0) is 48.1 Å². The molecule has 4 aromatic carbocycles. The number of benzene rings is 4. The van der Waals surface area contributed by atoms with Crippen molar-refractivity contribution in [3.63, 3.8) is 0 Å². The molecule has 0 aliphatic rings. The number of rotatable bonds is 11. The van der Waals surface area contributed by atoms with Gasteiger partial charge in [-0.3, -0.25) is 9.59 Å². The van der Waals surface area contributed by atoms with E-state index >= 15 is 0 Å². The zero-order chi connectivity index (χ0) is 30.2. The van der Waals surface area contributed by atoms with Gasteiger partial charge >= 0.3 is 0 Å². The van der Waals surface area contributed by atoms with Gasteiger partial charge in [0.05, 0.1) is 18.5 Å². The highest BCUT2D eigenvalue weighted by Crippen LogP contribution is 2.31. The number of anilines is 2. The second-order valence-corrected chi connectivity index (χ2v) is 11.5. The van der Waals surface area contributed by atoms with Gasteiger partial charge in [0, 0.05) is 15.6 Å². The molecule has 2 amide bonds. The maximum absolute atomic E-state index is 13.0. The van der Waals surface area contributed by atoms with Crippen LogP contribution in [0.5, 0.6) is 0 Å². The van der Waals surface area contributed by atoms with Crippen molar-refractivity contribution >= 4 is 47.4 Å². The summed E-state index contributed by atoms with van der Waals surface area (Å²) >= 11 is 11.0. The lowest BCUT2D eigenvalue weighted by Gasteiger charge is -2.18. The van der Waals surface area contributed by atoms with E-state index in [1.807, 2.05) is 55.5 Å². The maximum Gasteiger partial charge on any atom is 0.228 e. The van der Waals surface area contributed by atoms with Gasteiger partial charge in [-0.1, -0.05) is 93.0 Å². The van der Waals surface area contributed by atoms with Crippen LogP contribution in [0.1, 0.15) is 65.3 Å². The Morgan fingerprint density at radius 3 is 1.71 bits per heavy atom. The van der Waals surface area contributed by atoms with Crippen LogP contribution in [0.3, 0.4) is 0 Å². The van der Waals surface area contributed by atoms with E-state index < -0.39 is 0 Å². The van der Waals surface area contributed by atoms with Gasteiger partial charge in [0.25, 0.3) is 0 Å². The molecule has 0 radical (unpaired) electrons. The van der Waals surface area contributed by atoms with E-state index in [1.54, 1.807) is 6.07 Å². The van der Waals surface area contributed by atoms with Crippen molar-refractivity contribution in [2.75, 3.05) is 10.6 Å². The van der Waals surface area contributed by atoms with Gasteiger partial charge in [-0.15, -0.1) is 12.6 Å². The predicted octanol–water partition coefficient (Wildman–Crippen LogP) is 8.58. The molecule has 0 aliphatic heterocycles. The van der Waals surface area contributed by atoms with E-state index in [0.29, 0.717) is 11.4 Å². The van der Waals surface area contributed by atoms with E-state index in [-0.39, 0.29) is 18.2 Å². The van der Waals surface area contributed by atoms with Crippen molar-refractivity contribution in [2.45, 2.75) is 71.1 Å². The minimum Gasteiger partial charge on any atom is -0.325 e. The Labute approximate surface area is 260 Å². The van der Waals surface area contributed by atoms with E-state index in [0.717, 1.165) is 80.9 Å². The molecule has 6 heteroatoms.